The number of hydrazone groups is 1. The fourth-order valence-electron chi connectivity index (χ4n) is 1.94. The summed E-state index contributed by atoms with van der Waals surface area (Å²) in [7, 11) is 0. The highest BCUT2D eigenvalue weighted by Gasteiger charge is 2.08. The van der Waals surface area contributed by atoms with E-state index >= 15 is 0 Å². The zero-order valence-corrected chi connectivity index (χ0v) is 15.6. The number of benzene rings is 2. The molecule has 0 fully saturated rings. The van der Waals surface area contributed by atoms with Crippen LogP contribution in [0.1, 0.15) is 21.5 Å². The Morgan fingerprint density at radius 1 is 1.28 bits per heavy atom. The number of hydrogen-bond donors (Lipinski definition) is 3. The molecule has 0 heterocycles. The molecule has 0 saturated heterocycles. The van der Waals surface area contributed by atoms with Crippen LogP contribution >= 0.6 is 27.5 Å². The number of aryl methyl sites for hydroxylation is 1. The predicted molar refractivity (Wildman–Crippen MR) is 100 cm³/mol. The maximum Gasteiger partial charge on any atom is 0.259 e. The molecule has 6 nitrogen and oxygen atoms in total. The van der Waals surface area contributed by atoms with E-state index in [9.17, 15) is 14.7 Å². The van der Waals surface area contributed by atoms with E-state index in [-0.39, 0.29) is 12.3 Å². The van der Waals surface area contributed by atoms with Crippen molar-refractivity contribution in [3.63, 3.8) is 0 Å². The second kappa shape index (κ2) is 8.64. The number of hydrogen-bond acceptors (Lipinski definition) is 4. The zero-order chi connectivity index (χ0) is 18.4. The molecule has 130 valence electrons. The summed E-state index contributed by atoms with van der Waals surface area (Å²) >= 11 is 9.07. The van der Waals surface area contributed by atoms with Gasteiger partial charge in [-0.15, -0.1) is 0 Å². The highest BCUT2D eigenvalue weighted by atomic mass is 79.9. The summed E-state index contributed by atoms with van der Waals surface area (Å²) in [5.41, 5.74) is 3.81. The van der Waals surface area contributed by atoms with Crippen LogP contribution in [0.5, 0.6) is 5.75 Å². The highest BCUT2D eigenvalue weighted by molar-refractivity contribution is 9.10. The Kier molecular flexibility index (Phi) is 6.55. The number of nitrogens with zero attached hydrogens (tertiary/aromatic N) is 1. The number of nitrogens with one attached hydrogen (secondary N) is 2. The van der Waals surface area contributed by atoms with Gasteiger partial charge in [-0.25, -0.2) is 5.43 Å². The smallest absolute Gasteiger partial charge is 0.259 e. The fraction of sp³-hybridized carbons (Fsp3) is 0.118. The Morgan fingerprint density at radius 2 is 1.96 bits per heavy atom. The van der Waals surface area contributed by atoms with E-state index in [4.69, 9.17) is 11.6 Å². The van der Waals surface area contributed by atoms with Crippen molar-refractivity contribution in [2.75, 3.05) is 6.54 Å². The van der Waals surface area contributed by atoms with E-state index in [0.717, 1.165) is 4.47 Å². The molecule has 2 amide bonds. The molecular formula is C17H15BrClN3O3. The monoisotopic (exact) mass is 423 g/mol. The van der Waals surface area contributed by atoms with Crippen LogP contribution in [0.3, 0.4) is 0 Å². The van der Waals surface area contributed by atoms with Crippen molar-refractivity contribution in [1.29, 1.82) is 0 Å². The van der Waals surface area contributed by atoms with Crippen LogP contribution < -0.4 is 10.7 Å². The molecule has 0 aliphatic rings. The maximum absolute atomic E-state index is 11.9. The Labute approximate surface area is 158 Å². The average Bonchev–Trinajstić information content (AvgIpc) is 2.57. The molecule has 0 aromatic heterocycles. The average molecular weight is 425 g/mol. The minimum Gasteiger partial charge on any atom is -0.507 e. The van der Waals surface area contributed by atoms with Crippen LogP contribution in [-0.4, -0.2) is 29.7 Å². The molecule has 0 radical (unpaired) electrons. The molecule has 0 unspecified atom stereocenters. The third-order valence-corrected chi connectivity index (χ3v) is 3.91. The van der Waals surface area contributed by atoms with Crippen molar-refractivity contribution in [2.45, 2.75) is 6.92 Å². The van der Waals surface area contributed by atoms with Gasteiger partial charge in [-0.2, -0.15) is 5.10 Å². The Balaban J connectivity index is 1.86. The van der Waals surface area contributed by atoms with Crippen molar-refractivity contribution in [3.8, 4) is 5.75 Å². The van der Waals surface area contributed by atoms with E-state index < -0.39 is 11.8 Å². The van der Waals surface area contributed by atoms with Crippen molar-refractivity contribution in [1.82, 2.24) is 10.7 Å². The summed E-state index contributed by atoms with van der Waals surface area (Å²) in [6, 6.07) is 9.73. The van der Waals surface area contributed by atoms with Crippen LogP contribution in [0.25, 0.3) is 0 Å². The van der Waals surface area contributed by atoms with Gasteiger partial charge in [-0.1, -0.05) is 27.5 Å². The van der Waals surface area contributed by atoms with Gasteiger partial charge in [0.2, 0.25) is 0 Å². The summed E-state index contributed by atoms with van der Waals surface area (Å²) in [5, 5.41) is 16.7. The number of halogens is 2. The molecule has 2 rings (SSSR count). The van der Waals surface area contributed by atoms with E-state index in [1.54, 1.807) is 43.3 Å². The van der Waals surface area contributed by atoms with Gasteiger partial charge in [0.15, 0.2) is 0 Å². The molecule has 2 aromatic rings. The largest absolute Gasteiger partial charge is 0.507 e. The van der Waals surface area contributed by atoms with Gasteiger partial charge in [0.25, 0.3) is 11.8 Å². The molecule has 2 aromatic carbocycles. The molecule has 0 atom stereocenters. The first-order chi connectivity index (χ1) is 11.9. The Morgan fingerprint density at radius 3 is 2.64 bits per heavy atom. The van der Waals surface area contributed by atoms with E-state index in [1.807, 2.05) is 0 Å². The standard InChI is InChI=1S/C17H15BrClN3O3/c1-10-6-13(18)7-12(16(10)24)8-21-22-15(23)9-20-17(25)11-2-4-14(19)5-3-11/h2-8,24H,9H2,1H3,(H,20,25)(H,22,23)/b21-8+. The first-order valence-electron chi connectivity index (χ1n) is 7.21. The van der Waals surface area contributed by atoms with E-state index in [2.05, 4.69) is 31.8 Å². The zero-order valence-electron chi connectivity index (χ0n) is 13.2. The lowest BCUT2D eigenvalue weighted by Gasteiger charge is -2.05. The Hall–Kier alpha value is -2.38. The third-order valence-electron chi connectivity index (χ3n) is 3.20. The van der Waals surface area contributed by atoms with Crippen molar-refractivity contribution in [3.05, 3.63) is 62.6 Å². The second-order valence-electron chi connectivity index (χ2n) is 5.14. The molecule has 0 bridgehead atoms. The quantitative estimate of drug-likeness (QED) is 0.509. The Bertz CT molecular complexity index is 823. The molecule has 25 heavy (non-hydrogen) atoms. The third kappa shape index (κ3) is 5.58. The summed E-state index contributed by atoms with van der Waals surface area (Å²) in [6.07, 6.45) is 1.33. The number of rotatable bonds is 5. The predicted octanol–water partition coefficient (Wildman–Crippen LogP) is 3.00. The molecular weight excluding hydrogens is 410 g/mol. The molecule has 0 spiro atoms. The summed E-state index contributed by atoms with van der Waals surface area (Å²) in [5.74, 6) is -0.807. The lowest BCUT2D eigenvalue weighted by Crippen LogP contribution is -2.34. The second-order valence-corrected chi connectivity index (χ2v) is 6.50. The normalized spacial score (nSPS) is 10.7. The summed E-state index contributed by atoms with van der Waals surface area (Å²) in [6.45, 7) is 1.52. The maximum atomic E-state index is 11.9. The van der Waals surface area contributed by atoms with Crippen LogP contribution in [0.4, 0.5) is 0 Å². The van der Waals surface area contributed by atoms with Crippen molar-refractivity contribution in [2.24, 2.45) is 5.10 Å². The first kappa shape index (κ1) is 19.0. The number of carbonyl (C=O) groups excluding carboxylic acids is 2. The summed E-state index contributed by atoms with van der Waals surface area (Å²) in [4.78, 5) is 23.6. The number of phenolic OH excluding ortho intramolecular Hbond substituents is 1. The van der Waals surface area contributed by atoms with Crippen molar-refractivity contribution >= 4 is 45.6 Å². The molecule has 0 aliphatic heterocycles. The SMILES string of the molecule is Cc1cc(Br)cc(/C=N/NC(=O)CNC(=O)c2ccc(Cl)cc2)c1O. The van der Waals surface area contributed by atoms with Gasteiger partial charge in [0.05, 0.1) is 12.8 Å². The van der Waals surface area contributed by atoms with E-state index in [0.29, 0.717) is 21.7 Å². The lowest BCUT2D eigenvalue weighted by molar-refractivity contribution is -0.120. The van der Waals surface area contributed by atoms with Gasteiger partial charge in [-0.3, -0.25) is 9.59 Å². The first-order valence-corrected chi connectivity index (χ1v) is 8.38. The number of aromatic hydroxyl groups is 1. The van der Waals surface area contributed by atoms with Crippen LogP contribution in [-0.2, 0) is 4.79 Å². The summed E-state index contributed by atoms with van der Waals surface area (Å²) < 4.78 is 0.783. The molecule has 0 aliphatic carbocycles. The molecule has 0 saturated carbocycles. The van der Waals surface area contributed by atoms with Gasteiger partial charge in [-0.05, 0) is 48.9 Å². The number of phenols is 1. The highest BCUT2D eigenvalue weighted by Crippen LogP contribution is 2.25. The van der Waals surface area contributed by atoms with E-state index in [1.165, 1.54) is 6.21 Å². The van der Waals surface area contributed by atoms with Crippen LogP contribution in [0.2, 0.25) is 5.02 Å². The van der Waals surface area contributed by atoms with Crippen molar-refractivity contribution < 1.29 is 14.7 Å². The van der Waals surface area contributed by atoms with Gasteiger partial charge in [0, 0.05) is 20.6 Å². The van der Waals surface area contributed by atoms with Gasteiger partial charge in [0.1, 0.15) is 5.75 Å². The molecule has 3 N–H and O–H groups in total. The molecule has 8 heteroatoms. The van der Waals surface area contributed by atoms with Gasteiger partial charge < -0.3 is 10.4 Å². The number of amides is 2. The van der Waals surface area contributed by atoms with Crippen LogP contribution in [0, 0.1) is 6.92 Å². The van der Waals surface area contributed by atoms with Crippen LogP contribution in [0.15, 0.2) is 46.0 Å². The number of carbonyl (C=O) groups is 2. The lowest BCUT2D eigenvalue weighted by atomic mass is 10.1. The minimum absolute atomic E-state index is 0.0808. The fourth-order valence-corrected chi connectivity index (χ4v) is 2.65. The topological polar surface area (TPSA) is 90.8 Å². The van der Waals surface area contributed by atoms with Gasteiger partial charge >= 0.3 is 0 Å². The minimum atomic E-state index is -0.496.